The molecule has 3 N–H and O–H groups in total. The van der Waals surface area contributed by atoms with Crippen molar-refractivity contribution in [2.75, 3.05) is 13.7 Å². The molecule has 1 rings (SSSR count). The highest BCUT2D eigenvalue weighted by atomic mass is 35.5. The van der Waals surface area contributed by atoms with Crippen molar-refractivity contribution in [2.45, 2.75) is 32.7 Å². The first-order valence-corrected chi connectivity index (χ1v) is 8.24. The fourth-order valence-corrected chi connectivity index (χ4v) is 2.64. The van der Waals surface area contributed by atoms with Crippen molar-refractivity contribution in [3.8, 4) is 0 Å². The van der Waals surface area contributed by atoms with Crippen molar-refractivity contribution in [3.05, 3.63) is 34.9 Å². The summed E-state index contributed by atoms with van der Waals surface area (Å²) in [7, 11) is 1.62. The number of hydrazine groups is 1. The number of carbonyl (C=O) groups is 1. The van der Waals surface area contributed by atoms with Crippen LogP contribution < -0.4 is 16.2 Å². The minimum absolute atomic E-state index is 0.0501. The number of nitrogens with one attached hydrogen (secondary N) is 3. The Hall–Kier alpha value is -1.37. The highest BCUT2D eigenvalue weighted by molar-refractivity contribution is 7.80. The number of ether oxygens (including phenoxy) is 1. The SMILES string of the molecule is COC[C@@H](C)NC(=S)NNC(=O)[C@H](c1ccc(Cl)cc1)C(C)C. The van der Waals surface area contributed by atoms with E-state index in [1.54, 1.807) is 19.2 Å². The summed E-state index contributed by atoms with van der Waals surface area (Å²) in [5.41, 5.74) is 6.30. The zero-order valence-electron chi connectivity index (χ0n) is 13.9. The number of amides is 1. The van der Waals surface area contributed by atoms with Gasteiger partial charge < -0.3 is 10.1 Å². The van der Waals surface area contributed by atoms with Gasteiger partial charge in [-0.05, 0) is 42.8 Å². The Morgan fingerprint density at radius 2 is 1.83 bits per heavy atom. The first-order valence-electron chi connectivity index (χ1n) is 7.46. The van der Waals surface area contributed by atoms with E-state index in [9.17, 15) is 4.79 Å². The predicted octanol–water partition coefficient (Wildman–Crippen LogP) is 2.61. The number of carbonyl (C=O) groups excluding carboxylic acids is 1. The third kappa shape index (κ3) is 6.72. The van der Waals surface area contributed by atoms with Crippen molar-refractivity contribution in [1.82, 2.24) is 16.2 Å². The summed E-state index contributed by atoms with van der Waals surface area (Å²) >= 11 is 11.0. The van der Waals surface area contributed by atoms with Crippen molar-refractivity contribution in [2.24, 2.45) is 5.92 Å². The predicted molar refractivity (Wildman–Crippen MR) is 97.4 cm³/mol. The lowest BCUT2D eigenvalue weighted by Crippen LogP contribution is -2.51. The van der Waals surface area contributed by atoms with E-state index in [1.807, 2.05) is 32.9 Å². The van der Waals surface area contributed by atoms with Gasteiger partial charge in [0.05, 0.1) is 12.5 Å². The second-order valence-corrected chi connectivity index (χ2v) is 6.56. The summed E-state index contributed by atoms with van der Waals surface area (Å²) in [6, 6.07) is 7.35. The van der Waals surface area contributed by atoms with Gasteiger partial charge in [0, 0.05) is 18.2 Å². The fraction of sp³-hybridized carbons (Fsp3) is 0.500. The number of rotatable bonds is 6. The number of methoxy groups -OCH3 is 1. The molecule has 128 valence electrons. The van der Waals surface area contributed by atoms with E-state index in [2.05, 4.69) is 16.2 Å². The molecule has 0 bridgehead atoms. The molecule has 0 heterocycles. The van der Waals surface area contributed by atoms with Crippen LogP contribution in [0.3, 0.4) is 0 Å². The van der Waals surface area contributed by atoms with Crippen LogP contribution in [0.4, 0.5) is 0 Å². The summed E-state index contributed by atoms with van der Waals surface area (Å²) < 4.78 is 5.02. The Morgan fingerprint density at radius 1 is 1.22 bits per heavy atom. The van der Waals surface area contributed by atoms with Crippen molar-refractivity contribution in [1.29, 1.82) is 0 Å². The van der Waals surface area contributed by atoms with Crippen LogP contribution in [0, 0.1) is 5.92 Å². The molecule has 0 aliphatic carbocycles. The zero-order chi connectivity index (χ0) is 17.4. The van der Waals surface area contributed by atoms with Crippen LogP contribution in [0.1, 0.15) is 32.3 Å². The summed E-state index contributed by atoms with van der Waals surface area (Å²) in [6.07, 6.45) is 0. The van der Waals surface area contributed by atoms with Gasteiger partial charge in [0.15, 0.2) is 5.11 Å². The second kappa shape index (κ2) is 9.70. The second-order valence-electron chi connectivity index (χ2n) is 5.72. The van der Waals surface area contributed by atoms with E-state index < -0.39 is 0 Å². The number of halogens is 1. The van der Waals surface area contributed by atoms with Gasteiger partial charge in [0.2, 0.25) is 5.91 Å². The highest BCUT2D eigenvalue weighted by Gasteiger charge is 2.24. The summed E-state index contributed by atoms with van der Waals surface area (Å²) in [5.74, 6) is -0.309. The molecule has 0 aliphatic heterocycles. The highest BCUT2D eigenvalue weighted by Crippen LogP contribution is 2.25. The van der Waals surface area contributed by atoms with Crippen LogP contribution in [-0.4, -0.2) is 30.8 Å². The lowest BCUT2D eigenvalue weighted by molar-refractivity contribution is -0.124. The molecule has 7 heteroatoms. The molecule has 0 spiro atoms. The van der Waals surface area contributed by atoms with Gasteiger partial charge in [-0.2, -0.15) is 0 Å². The number of hydrogen-bond donors (Lipinski definition) is 3. The van der Waals surface area contributed by atoms with Crippen LogP contribution in [-0.2, 0) is 9.53 Å². The molecule has 1 aromatic rings. The minimum Gasteiger partial charge on any atom is -0.383 e. The maximum Gasteiger partial charge on any atom is 0.246 e. The molecule has 2 atom stereocenters. The van der Waals surface area contributed by atoms with E-state index in [4.69, 9.17) is 28.6 Å². The molecule has 5 nitrogen and oxygen atoms in total. The molecule has 0 aromatic heterocycles. The van der Waals surface area contributed by atoms with Crippen LogP contribution in [0.25, 0.3) is 0 Å². The third-order valence-electron chi connectivity index (χ3n) is 3.27. The fourth-order valence-electron chi connectivity index (χ4n) is 2.26. The van der Waals surface area contributed by atoms with Crippen molar-refractivity contribution in [3.63, 3.8) is 0 Å². The Balaban J connectivity index is 2.62. The molecule has 0 unspecified atom stereocenters. The Morgan fingerprint density at radius 3 is 2.35 bits per heavy atom. The lowest BCUT2D eigenvalue weighted by Gasteiger charge is -2.22. The van der Waals surface area contributed by atoms with Crippen LogP contribution in [0.2, 0.25) is 5.02 Å². The largest absolute Gasteiger partial charge is 0.383 e. The molecular formula is C16H24ClN3O2S. The average molecular weight is 358 g/mol. The Kier molecular flexibility index (Phi) is 8.30. The smallest absolute Gasteiger partial charge is 0.246 e. The Bertz CT molecular complexity index is 523. The first-order chi connectivity index (χ1) is 10.8. The van der Waals surface area contributed by atoms with Gasteiger partial charge in [-0.25, -0.2) is 0 Å². The normalized spacial score (nSPS) is 13.3. The summed E-state index contributed by atoms with van der Waals surface area (Å²) in [5, 5.41) is 4.01. The van der Waals surface area contributed by atoms with Gasteiger partial charge >= 0.3 is 0 Å². The third-order valence-corrected chi connectivity index (χ3v) is 3.74. The van der Waals surface area contributed by atoms with Crippen LogP contribution >= 0.6 is 23.8 Å². The maximum atomic E-state index is 12.5. The molecule has 0 aliphatic rings. The quantitative estimate of drug-likeness (QED) is 0.539. The first kappa shape index (κ1) is 19.7. The zero-order valence-corrected chi connectivity index (χ0v) is 15.4. The molecule has 0 saturated carbocycles. The van der Waals surface area contributed by atoms with E-state index in [1.165, 1.54) is 0 Å². The van der Waals surface area contributed by atoms with Crippen LogP contribution in [0.5, 0.6) is 0 Å². The minimum atomic E-state index is -0.293. The van der Waals surface area contributed by atoms with Gasteiger partial charge in [0.1, 0.15) is 0 Å². The van der Waals surface area contributed by atoms with E-state index in [-0.39, 0.29) is 23.8 Å². The summed E-state index contributed by atoms with van der Waals surface area (Å²) in [4.78, 5) is 12.5. The molecular weight excluding hydrogens is 334 g/mol. The topological polar surface area (TPSA) is 62.4 Å². The van der Waals surface area contributed by atoms with E-state index in [0.29, 0.717) is 16.7 Å². The molecule has 1 amide bonds. The number of benzene rings is 1. The van der Waals surface area contributed by atoms with Gasteiger partial charge in [-0.3, -0.25) is 15.6 Å². The lowest BCUT2D eigenvalue weighted by atomic mass is 9.88. The van der Waals surface area contributed by atoms with E-state index >= 15 is 0 Å². The van der Waals surface area contributed by atoms with Gasteiger partial charge in [-0.15, -0.1) is 0 Å². The standard InChI is InChI=1S/C16H24ClN3O2S/c1-10(2)14(12-5-7-13(17)8-6-12)15(21)19-20-16(23)18-11(3)9-22-4/h5-8,10-11,14H,9H2,1-4H3,(H,19,21)(H2,18,20,23)/t11-,14+/m1/s1. The Labute approximate surface area is 148 Å². The molecule has 23 heavy (non-hydrogen) atoms. The maximum absolute atomic E-state index is 12.5. The molecule has 0 saturated heterocycles. The number of thiocarbonyl (C=S) groups is 1. The number of hydrogen-bond acceptors (Lipinski definition) is 3. The van der Waals surface area contributed by atoms with Gasteiger partial charge in [-0.1, -0.05) is 37.6 Å². The summed E-state index contributed by atoms with van der Waals surface area (Å²) in [6.45, 7) is 6.45. The molecule has 1 aromatic carbocycles. The van der Waals surface area contributed by atoms with E-state index in [0.717, 1.165) is 5.56 Å². The monoisotopic (exact) mass is 357 g/mol. The molecule has 0 radical (unpaired) electrons. The van der Waals surface area contributed by atoms with Crippen LogP contribution in [0.15, 0.2) is 24.3 Å². The molecule has 0 fully saturated rings. The van der Waals surface area contributed by atoms with Crippen molar-refractivity contribution >= 4 is 34.8 Å². The van der Waals surface area contributed by atoms with Gasteiger partial charge in [0.25, 0.3) is 0 Å². The average Bonchev–Trinajstić information content (AvgIpc) is 2.47. The van der Waals surface area contributed by atoms with Crippen molar-refractivity contribution < 1.29 is 9.53 Å².